The van der Waals surface area contributed by atoms with Crippen LogP contribution in [0.4, 0.5) is 0 Å². The van der Waals surface area contributed by atoms with E-state index in [0.29, 0.717) is 5.75 Å². The largest absolute Gasteiger partial charge is 0.289 e. The van der Waals surface area contributed by atoms with E-state index in [9.17, 15) is 9.11 Å². The minimum Gasteiger partial charge on any atom is -0.289 e. The minimum absolute atomic E-state index is 0.589. The van der Waals surface area contributed by atoms with Crippen molar-refractivity contribution in [3.63, 3.8) is 0 Å². The Morgan fingerprint density at radius 1 is 0.812 bits per heavy atom. The van der Waals surface area contributed by atoms with Gasteiger partial charge in [-0.25, -0.2) is 0 Å². The van der Waals surface area contributed by atoms with Crippen LogP contribution < -0.4 is 0 Å². The molecule has 0 saturated heterocycles. The lowest BCUT2D eigenvalue weighted by molar-refractivity contribution is 0.504. The number of hydrogen-bond acceptors (Lipinski definition) is 3. The summed E-state index contributed by atoms with van der Waals surface area (Å²) in [6.45, 7) is 4.36. The Kier molecular flexibility index (Phi) is 11.2. The quantitative estimate of drug-likeness (QED) is 0.381. The van der Waals surface area contributed by atoms with Crippen molar-refractivity contribution in [3.05, 3.63) is 0 Å². The highest BCUT2D eigenvalue weighted by Gasteiger charge is 2.11. The predicted octanol–water partition coefficient (Wildman–Crippen LogP) is 5.55. The summed E-state index contributed by atoms with van der Waals surface area (Å²) in [6.07, 6.45) is 9.31. The first-order valence-electron chi connectivity index (χ1n) is 6.52. The van der Waals surface area contributed by atoms with Gasteiger partial charge in [-0.1, -0.05) is 52.4 Å². The molecule has 100 valence electrons. The minimum atomic E-state index is -2.33. The van der Waals surface area contributed by atoms with Crippen molar-refractivity contribution in [3.8, 4) is 0 Å². The second-order valence-electron chi connectivity index (χ2n) is 4.25. The van der Waals surface area contributed by atoms with E-state index >= 15 is 0 Å². The van der Waals surface area contributed by atoms with Crippen molar-refractivity contribution in [2.75, 3.05) is 11.5 Å². The van der Waals surface area contributed by atoms with Gasteiger partial charge in [0.05, 0.1) is 0 Å². The Morgan fingerprint density at radius 2 is 1.38 bits per heavy atom. The first-order chi connectivity index (χ1) is 7.62. The molecule has 0 aromatic rings. The fourth-order valence-electron chi connectivity index (χ4n) is 1.50. The highest BCUT2D eigenvalue weighted by molar-refractivity contribution is 8.89. The summed E-state index contributed by atoms with van der Waals surface area (Å²) in [5.74, 6) is 1.49. The molecular weight excluding hydrogens is 240 g/mol. The van der Waals surface area contributed by atoms with Crippen LogP contribution in [0.2, 0.25) is 0 Å². The molecule has 0 aliphatic rings. The van der Waals surface area contributed by atoms with E-state index in [0.717, 1.165) is 25.0 Å². The second-order valence-corrected chi connectivity index (χ2v) is 8.83. The zero-order valence-corrected chi connectivity index (χ0v) is 12.4. The predicted molar refractivity (Wildman–Crippen MR) is 78.5 cm³/mol. The molecule has 0 amide bonds. The van der Waals surface area contributed by atoms with Gasteiger partial charge in [-0.15, -0.1) is 9.62 Å². The monoisotopic (exact) mass is 268 g/mol. The molecule has 0 rings (SSSR count). The van der Waals surface area contributed by atoms with Crippen molar-refractivity contribution >= 4 is 20.4 Å². The molecule has 0 atom stereocenters. The van der Waals surface area contributed by atoms with Crippen molar-refractivity contribution in [2.24, 2.45) is 0 Å². The van der Waals surface area contributed by atoms with Crippen molar-refractivity contribution in [1.82, 2.24) is 0 Å². The van der Waals surface area contributed by atoms with E-state index < -0.39 is 9.62 Å². The molecule has 0 saturated carbocycles. The van der Waals surface area contributed by atoms with Crippen LogP contribution in [0.3, 0.4) is 0 Å². The third-order valence-corrected chi connectivity index (χ3v) is 6.32. The molecule has 0 aliphatic heterocycles. The maximum atomic E-state index is 9.77. The summed E-state index contributed by atoms with van der Waals surface area (Å²) in [5.41, 5.74) is 0. The maximum absolute atomic E-state index is 9.77. The molecule has 0 unspecified atom stereocenters. The van der Waals surface area contributed by atoms with Gasteiger partial charge in [0.25, 0.3) is 0 Å². The molecule has 0 aliphatic carbocycles. The Morgan fingerprint density at radius 3 is 1.94 bits per heavy atom. The van der Waals surface area contributed by atoms with Crippen molar-refractivity contribution in [2.45, 2.75) is 65.2 Å². The molecule has 2 nitrogen and oxygen atoms in total. The van der Waals surface area contributed by atoms with Crippen LogP contribution in [0.5, 0.6) is 0 Å². The molecular formula is C12H28O2S2. The zero-order valence-electron chi connectivity index (χ0n) is 10.8. The molecule has 2 N–H and O–H groups in total. The molecule has 0 aromatic heterocycles. The molecule has 0 fully saturated rings. The summed E-state index contributed by atoms with van der Waals surface area (Å²) in [5, 5.41) is 0. The van der Waals surface area contributed by atoms with Crippen LogP contribution >= 0.6 is 20.4 Å². The molecule has 16 heavy (non-hydrogen) atoms. The van der Waals surface area contributed by atoms with E-state index in [2.05, 4.69) is 13.8 Å². The van der Waals surface area contributed by atoms with Crippen LogP contribution in [0.25, 0.3) is 0 Å². The lowest BCUT2D eigenvalue weighted by atomic mass is 10.2. The average molecular weight is 268 g/mol. The van der Waals surface area contributed by atoms with Crippen LogP contribution in [-0.4, -0.2) is 20.6 Å². The molecule has 0 spiro atoms. The Bertz CT molecular complexity index is 152. The van der Waals surface area contributed by atoms with Gasteiger partial charge in [0.2, 0.25) is 0 Å². The number of hydrogen-bond donors (Lipinski definition) is 2. The molecule has 4 heteroatoms. The third-order valence-electron chi connectivity index (χ3n) is 2.53. The SMILES string of the molecule is CCCCCCSS(O)(O)CCCCCC. The molecule has 0 heterocycles. The average Bonchev–Trinajstić information content (AvgIpc) is 2.24. The molecule has 0 radical (unpaired) electrons. The van der Waals surface area contributed by atoms with Gasteiger partial charge in [0.15, 0.2) is 0 Å². The van der Waals surface area contributed by atoms with Crippen molar-refractivity contribution in [1.29, 1.82) is 0 Å². The van der Waals surface area contributed by atoms with Gasteiger partial charge in [0.1, 0.15) is 0 Å². The van der Waals surface area contributed by atoms with Crippen LogP contribution in [0.1, 0.15) is 65.2 Å². The second kappa shape index (κ2) is 10.8. The lowest BCUT2D eigenvalue weighted by Crippen LogP contribution is -1.99. The summed E-state index contributed by atoms with van der Waals surface area (Å²) >= 11 is 0. The fourth-order valence-corrected chi connectivity index (χ4v) is 4.65. The standard InChI is InChI=1S/C12H28O2S2/c1-3-5-7-9-11-15-16(13,14)12-10-8-6-4-2/h13-14H,3-12H2,1-2H3. The van der Waals surface area contributed by atoms with Gasteiger partial charge in [-0.05, 0) is 23.6 Å². The van der Waals surface area contributed by atoms with E-state index in [1.807, 2.05) is 0 Å². The van der Waals surface area contributed by atoms with Crippen molar-refractivity contribution < 1.29 is 9.11 Å². The summed E-state index contributed by atoms with van der Waals surface area (Å²) in [7, 11) is -0.951. The molecule has 0 aromatic carbocycles. The Hall–Kier alpha value is 0.620. The fraction of sp³-hybridized carbons (Fsp3) is 1.00. The van der Waals surface area contributed by atoms with Gasteiger partial charge in [0, 0.05) is 11.5 Å². The summed E-state index contributed by atoms with van der Waals surface area (Å²) in [4.78, 5) is 0. The molecule has 0 bridgehead atoms. The van der Waals surface area contributed by atoms with E-state index in [1.165, 1.54) is 42.9 Å². The van der Waals surface area contributed by atoms with Gasteiger partial charge < -0.3 is 0 Å². The highest BCUT2D eigenvalue weighted by atomic mass is 33.2. The Balaban J connectivity index is 3.38. The first kappa shape index (κ1) is 16.6. The number of unbranched alkanes of at least 4 members (excludes halogenated alkanes) is 6. The van der Waals surface area contributed by atoms with Crippen LogP contribution in [0.15, 0.2) is 0 Å². The Labute approximate surface area is 106 Å². The van der Waals surface area contributed by atoms with Crippen LogP contribution in [-0.2, 0) is 0 Å². The smallest absolute Gasteiger partial charge is 0.0483 e. The van der Waals surface area contributed by atoms with Gasteiger partial charge >= 0.3 is 0 Å². The zero-order chi connectivity index (χ0) is 12.3. The topological polar surface area (TPSA) is 40.5 Å². The van der Waals surface area contributed by atoms with Gasteiger partial charge in [-0.3, -0.25) is 9.11 Å². The highest BCUT2D eigenvalue weighted by Crippen LogP contribution is 2.53. The van der Waals surface area contributed by atoms with Gasteiger partial charge in [-0.2, -0.15) is 0 Å². The summed E-state index contributed by atoms with van der Waals surface area (Å²) < 4.78 is 19.5. The van der Waals surface area contributed by atoms with Crippen LogP contribution in [0, 0.1) is 0 Å². The maximum Gasteiger partial charge on any atom is 0.0483 e. The normalized spacial score (nSPS) is 13.0. The number of rotatable bonds is 11. The summed E-state index contributed by atoms with van der Waals surface area (Å²) in [6, 6.07) is 0. The van der Waals surface area contributed by atoms with E-state index in [4.69, 9.17) is 0 Å². The third kappa shape index (κ3) is 11.1. The lowest BCUT2D eigenvalue weighted by Gasteiger charge is -2.30. The van der Waals surface area contributed by atoms with E-state index in [-0.39, 0.29) is 0 Å². The first-order valence-corrected chi connectivity index (χ1v) is 9.74. The van der Waals surface area contributed by atoms with E-state index in [1.54, 1.807) is 0 Å².